The van der Waals surface area contributed by atoms with E-state index in [0.717, 1.165) is 45.4 Å². The second kappa shape index (κ2) is 10.6. The molecule has 0 spiro atoms. The average Bonchev–Trinajstić information content (AvgIpc) is 2.67. The summed E-state index contributed by atoms with van der Waals surface area (Å²) < 4.78 is 10.2. The third-order valence-electron chi connectivity index (χ3n) is 5.19. The van der Waals surface area contributed by atoms with E-state index in [1.54, 1.807) is 0 Å². The van der Waals surface area contributed by atoms with Gasteiger partial charge in [0.05, 0.1) is 33.3 Å². The molecule has 7 nitrogen and oxygen atoms in total. The number of morpholine rings is 1. The van der Waals surface area contributed by atoms with E-state index in [4.69, 9.17) is 9.73 Å². The highest BCUT2D eigenvalue weighted by molar-refractivity contribution is 5.80. The zero-order valence-corrected chi connectivity index (χ0v) is 15.8. The van der Waals surface area contributed by atoms with E-state index >= 15 is 0 Å². The summed E-state index contributed by atoms with van der Waals surface area (Å²) >= 11 is 0. The fourth-order valence-electron chi connectivity index (χ4n) is 3.77. The van der Waals surface area contributed by atoms with Crippen LogP contribution in [-0.4, -0.2) is 75.4 Å². The van der Waals surface area contributed by atoms with Crippen LogP contribution in [0.2, 0.25) is 0 Å². The third-order valence-corrected chi connectivity index (χ3v) is 5.19. The Labute approximate surface area is 151 Å². The Hall–Kier alpha value is -1.34. The lowest BCUT2D eigenvalue weighted by Gasteiger charge is -2.47. The van der Waals surface area contributed by atoms with Crippen LogP contribution in [0.5, 0.6) is 0 Å². The Balaban J connectivity index is 1.98. The van der Waals surface area contributed by atoms with Crippen LogP contribution in [0.4, 0.5) is 0 Å². The van der Waals surface area contributed by atoms with Gasteiger partial charge in [-0.2, -0.15) is 0 Å². The number of carbonyl (C=O) groups is 1. The summed E-state index contributed by atoms with van der Waals surface area (Å²) in [7, 11) is 1.41. The number of carbonyl (C=O) groups excluding carboxylic acids is 1. The molecule has 144 valence electrons. The summed E-state index contributed by atoms with van der Waals surface area (Å²) in [4.78, 5) is 18.7. The van der Waals surface area contributed by atoms with Gasteiger partial charge in [0, 0.05) is 31.7 Å². The molecule has 7 heteroatoms. The van der Waals surface area contributed by atoms with Gasteiger partial charge in [-0.25, -0.2) is 0 Å². The highest BCUT2D eigenvalue weighted by atomic mass is 16.5. The fourth-order valence-corrected chi connectivity index (χ4v) is 3.77. The zero-order valence-electron chi connectivity index (χ0n) is 15.8. The van der Waals surface area contributed by atoms with E-state index in [-0.39, 0.29) is 11.5 Å². The van der Waals surface area contributed by atoms with Gasteiger partial charge in [-0.3, -0.25) is 14.7 Å². The molecule has 2 N–H and O–H groups in total. The first-order chi connectivity index (χ1) is 12.2. The first-order valence-corrected chi connectivity index (χ1v) is 9.62. The second-order valence-electron chi connectivity index (χ2n) is 6.83. The van der Waals surface area contributed by atoms with E-state index in [0.29, 0.717) is 13.0 Å². The maximum absolute atomic E-state index is 11.3. The third kappa shape index (κ3) is 6.15. The number of hydrogen-bond donors (Lipinski definition) is 2. The van der Waals surface area contributed by atoms with Crippen molar-refractivity contribution in [1.82, 2.24) is 15.5 Å². The molecule has 1 aliphatic carbocycles. The Morgan fingerprint density at radius 2 is 1.92 bits per heavy atom. The number of guanidine groups is 1. The van der Waals surface area contributed by atoms with Gasteiger partial charge in [0.15, 0.2) is 5.96 Å². The van der Waals surface area contributed by atoms with Crippen LogP contribution in [0.3, 0.4) is 0 Å². The normalized spacial score (nSPS) is 21.6. The highest BCUT2D eigenvalue weighted by Gasteiger charge is 2.38. The number of nitrogens with zero attached hydrogens (tertiary/aromatic N) is 2. The molecule has 1 aliphatic heterocycles. The Morgan fingerprint density at radius 1 is 1.20 bits per heavy atom. The summed E-state index contributed by atoms with van der Waals surface area (Å²) in [5, 5.41) is 6.52. The molecule has 25 heavy (non-hydrogen) atoms. The standard InChI is InChI=1S/C18H34N4O3/c1-3-19-17(20-10-7-16(23)24-2)21-15-18(8-5-4-6-9-18)22-11-13-25-14-12-22/h3-15H2,1-2H3,(H2,19,20,21). The number of nitrogens with one attached hydrogen (secondary N) is 2. The zero-order chi connectivity index (χ0) is 18.0. The van der Waals surface area contributed by atoms with Crippen molar-refractivity contribution in [2.24, 2.45) is 4.99 Å². The van der Waals surface area contributed by atoms with E-state index in [1.807, 2.05) is 0 Å². The summed E-state index contributed by atoms with van der Waals surface area (Å²) in [5.41, 5.74) is 0.159. The van der Waals surface area contributed by atoms with E-state index in [2.05, 4.69) is 27.2 Å². The van der Waals surface area contributed by atoms with Gasteiger partial charge < -0.3 is 20.1 Å². The van der Waals surface area contributed by atoms with Crippen LogP contribution < -0.4 is 10.6 Å². The number of rotatable bonds is 7. The molecule has 0 aromatic rings. The number of methoxy groups -OCH3 is 1. The van der Waals surface area contributed by atoms with Crippen LogP contribution in [0.1, 0.15) is 45.4 Å². The van der Waals surface area contributed by atoms with Crippen LogP contribution in [-0.2, 0) is 14.3 Å². The molecule has 0 atom stereocenters. The molecule has 0 unspecified atom stereocenters. The first-order valence-electron chi connectivity index (χ1n) is 9.62. The van der Waals surface area contributed by atoms with Gasteiger partial charge >= 0.3 is 5.97 Å². The number of ether oxygens (including phenoxy) is 2. The average molecular weight is 354 g/mol. The topological polar surface area (TPSA) is 75.2 Å². The van der Waals surface area contributed by atoms with Crippen LogP contribution in [0.25, 0.3) is 0 Å². The Morgan fingerprint density at radius 3 is 2.56 bits per heavy atom. The van der Waals surface area contributed by atoms with Gasteiger partial charge in [0.1, 0.15) is 0 Å². The minimum Gasteiger partial charge on any atom is -0.469 e. The molecular weight excluding hydrogens is 320 g/mol. The molecule has 2 aliphatic rings. The van der Waals surface area contributed by atoms with E-state index < -0.39 is 0 Å². The van der Waals surface area contributed by atoms with Gasteiger partial charge in [-0.15, -0.1) is 0 Å². The molecule has 0 aromatic carbocycles. The van der Waals surface area contributed by atoms with Gasteiger partial charge in [0.25, 0.3) is 0 Å². The van der Waals surface area contributed by atoms with Crippen molar-refractivity contribution >= 4 is 11.9 Å². The monoisotopic (exact) mass is 354 g/mol. The van der Waals surface area contributed by atoms with Crippen molar-refractivity contribution in [2.45, 2.75) is 51.0 Å². The van der Waals surface area contributed by atoms with Gasteiger partial charge in [-0.1, -0.05) is 19.3 Å². The van der Waals surface area contributed by atoms with Crippen molar-refractivity contribution in [1.29, 1.82) is 0 Å². The highest BCUT2D eigenvalue weighted by Crippen LogP contribution is 2.34. The van der Waals surface area contributed by atoms with Crippen molar-refractivity contribution in [3.05, 3.63) is 0 Å². The minimum absolute atomic E-state index is 0.159. The molecule has 0 aromatic heterocycles. The summed E-state index contributed by atoms with van der Waals surface area (Å²) in [6, 6.07) is 0. The summed E-state index contributed by atoms with van der Waals surface area (Å²) in [6.07, 6.45) is 6.64. The quantitative estimate of drug-likeness (QED) is 0.406. The summed E-state index contributed by atoms with van der Waals surface area (Å²) in [6.45, 7) is 7.82. The molecule has 2 fully saturated rings. The fraction of sp³-hybridized carbons (Fsp3) is 0.889. The maximum Gasteiger partial charge on any atom is 0.307 e. The van der Waals surface area contributed by atoms with E-state index in [1.165, 1.54) is 39.2 Å². The molecule has 0 radical (unpaired) electrons. The molecule has 1 heterocycles. The molecule has 0 amide bonds. The molecule has 1 saturated heterocycles. The van der Waals surface area contributed by atoms with Crippen molar-refractivity contribution in [3.63, 3.8) is 0 Å². The number of hydrogen-bond acceptors (Lipinski definition) is 5. The molecule has 2 rings (SSSR count). The smallest absolute Gasteiger partial charge is 0.307 e. The van der Waals surface area contributed by atoms with Gasteiger partial charge in [0.2, 0.25) is 0 Å². The largest absolute Gasteiger partial charge is 0.469 e. The molecule has 0 bridgehead atoms. The lowest BCUT2D eigenvalue weighted by molar-refractivity contribution is -0.140. The molecule has 1 saturated carbocycles. The molecular formula is C18H34N4O3. The first kappa shape index (κ1) is 20.0. The Bertz CT molecular complexity index is 430. The number of aliphatic imine (C=N–C) groups is 1. The predicted octanol–water partition coefficient (Wildman–Crippen LogP) is 1.14. The SMILES string of the molecule is CCNC(=NCC1(N2CCOCC2)CCCCC1)NCCC(=O)OC. The van der Waals surface area contributed by atoms with Crippen molar-refractivity contribution in [3.8, 4) is 0 Å². The lowest BCUT2D eigenvalue weighted by Crippen LogP contribution is -2.56. The van der Waals surface area contributed by atoms with Crippen LogP contribution in [0, 0.1) is 0 Å². The van der Waals surface area contributed by atoms with Crippen LogP contribution in [0.15, 0.2) is 4.99 Å². The lowest BCUT2D eigenvalue weighted by atomic mass is 9.80. The van der Waals surface area contributed by atoms with Gasteiger partial charge in [-0.05, 0) is 19.8 Å². The van der Waals surface area contributed by atoms with E-state index in [9.17, 15) is 4.79 Å². The summed E-state index contributed by atoms with van der Waals surface area (Å²) in [5.74, 6) is 0.574. The Kier molecular flexibility index (Phi) is 8.48. The predicted molar refractivity (Wildman–Crippen MR) is 98.8 cm³/mol. The minimum atomic E-state index is -0.208. The van der Waals surface area contributed by atoms with Crippen molar-refractivity contribution < 1.29 is 14.3 Å². The van der Waals surface area contributed by atoms with Crippen LogP contribution >= 0.6 is 0 Å². The van der Waals surface area contributed by atoms with Crippen molar-refractivity contribution in [2.75, 3.05) is 53.0 Å². The maximum atomic E-state index is 11.3. The second-order valence-corrected chi connectivity index (χ2v) is 6.83. The number of esters is 1.